The average Bonchev–Trinajstić information content (AvgIpc) is 2.72. The van der Waals surface area contributed by atoms with Crippen LogP contribution in [0.3, 0.4) is 0 Å². The van der Waals surface area contributed by atoms with Crippen molar-refractivity contribution in [1.29, 1.82) is 0 Å². The Kier molecular flexibility index (Phi) is 2.30. The molecule has 0 aliphatic carbocycles. The maximum absolute atomic E-state index is 5.72. The predicted molar refractivity (Wildman–Crippen MR) is 66.9 cm³/mol. The zero-order valence-corrected chi connectivity index (χ0v) is 9.86. The number of halogens is 1. The lowest BCUT2D eigenvalue weighted by molar-refractivity contribution is 1.20. The van der Waals surface area contributed by atoms with Gasteiger partial charge in [0, 0.05) is 5.56 Å². The molecule has 0 fully saturated rings. The summed E-state index contributed by atoms with van der Waals surface area (Å²) in [5.74, 6) is 0.775. The number of fused-ring (bicyclic) bond motifs is 1. The van der Waals surface area contributed by atoms with Gasteiger partial charge in [0.1, 0.15) is 11.3 Å². The largest absolute Gasteiger partial charge is 0.335 e. The summed E-state index contributed by atoms with van der Waals surface area (Å²) in [4.78, 5) is 15.5. The lowest BCUT2D eigenvalue weighted by atomic mass is 10.1. The van der Waals surface area contributed by atoms with Gasteiger partial charge in [-0.15, -0.1) is 0 Å². The Bertz CT molecular complexity index is 673. The van der Waals surface area contributed by atoms with Crippen molar-refractivity contribution in [2.75, 3.05) is 0 Å². The summed E-state index contributed by atoms with van der Waals surface area (Å²) in [7, 11) is 0. The van der Waals surface area contributed by atoms with Crippen LogP contribution in [0.5, 0.6) is 0 Å². The molecule has 0 radical (unpaired) electrons. The summed E-state index contributed by atoms with van der Waals surface area (Å²) < 4.78 is 0. The van der Waals surface area contributed by atoms with Gasteiger partial charge in [-0.2, -0.15) is 4.98 Å². The molecule has 0 saturated carbocycles. The molecule has 5 heteroatoms. The second-order valence-electron chi connectivity index (χ2n) is 3.83. The molecule has 2 aromatic heterocycles. The number of benzene rings is 1. The summed E-state index contributed by atoms with van der Waals surface area (Å²) in [6, 6.07) is 8.12. The van der Waals surface area contributed by atoms with E-state index in [2.05, 4.69) is 19.9 Å². The van der Waals surface area contributed by atoms with Crippen LogP contribution in [0.1, 0.15) is 5.56 Å². The summed E-state index contributed by atoms with van der Waals surface area (Å²) in [6.45, 7) is 2.05. The first-order valence-corrected chi connectivity index (χ1v) is 5.55. The van der Waals surface area contributed by atoms with E-state index in [4.69, 9.17) is 11.6 Å². The van der Waals surface area contributed by atoms with E-state index in [1.54, 1.807) is 6.20 Å². The number of hydrogen-bond acceptors (Lipinski definition) is 3. The third kappa shape index (κ3) is 1.87. The van der Waals surface area contributed by atoms with Gasteiger partial charge in [-0.25, -0.2) is 9.97 Å². The topological polar surface area (TPSA) is 54.5 Å². The van der Waals surface area contributed by atoms with Crippen LogP contribution in [0.15, 0.2) is 30.5 Å². The van der Waals surface area contributed by atoms with E-state index in [-0.39, 0.29) is 5.28 Å². The summed E-state index contributed by atoms with van der Waals surface area (Å²) in [5.41, 5.74) is 3.60. The van der Waals surface area contributed by atoms with Crippen molar-refractivity contribution in [2.45, 2.75) is 6.92 Å². The molecule has 0 aliphatic rings. The third-order valence-corrected chi connectivity index (χ3v) is 2.72. The fourth-order valence-electron chi connectivity index (χ4n) is 1.63. The number of rotatable bonds is 1. The van der Waals surface area contributed by atoms with E-state index in [0.717, 1.165) is 16.9 Å². The highest BCUT2D eigenvalue weighted by molar-refractivity contribution is 6.28. The standard InChI is InChI=1S/C12H9ClN4/c1-7-2-4-8(5-3-7)10-15-9-6-14-12(13)17-11(9)16-10/h2-6H,1H3,(H,14,15,16,17). The van der Waals surface area contributed by atoms with Gasteiger partial charge in [0.25, 0.3) is 0 Å². The number of aromatic amines is 1. The monoisotopic (exact) mass is 244 g/mol. The van der Waals surface area contributed by atoms with Crippen molar-refractivity contribution in [1.82, 2.24) is 19.9 Å². The molecule has 1 aromatic carbocycles. The lowest BCUT2D eigenvalue weighted by Crippen LogP contribution is -1.81. The van der Waals surface area contributed by atoms with E-state index in [1.807, 2.05) is 31.2 Å². The van der Waals surface area contributed by atoms with E-state index in [1.165, 1.54) is 5.56 Å². The minimum atomic E-state index is 0.208. The Morgan fingerprint density at radius 3 is 2.65 bits per heavy atom. The molecule has 0 amide bonds. The van der Waals surface area contributed by atoms with Crippen LogP contribution in [0.2, 0.25) is 5.28 Å². The molecule has 0 atom stereocenters. The van der Waals surface area contributed by atoms with Crippen molar-refractivity contribution >= 4 is 22.8 Å². The summed E-state index contributed by atoms with van der Waals surface area (Å²) >= 11 is 5.72. The average molecular weight is 245 g/mol. The molecule has 0 unspecified atom stereocenters. The lowest BCUT2D eigenvalue weighted by Gasteiger charge is -1.96. The van der Waals surface area contributed by atoms with Crippen LogP contribution >= 0.6 is 11.6 Å². The molecule has 3 aromatic rings. The van der Waals surface area contributed by atoms with Gasteiger partial charge >= 0.3 is 0 Å². The van der Waals surface area contributed by atoms with Crippen molar-refractivity contribution in [3.05, 3.63) is 41.3 Å². The van der Waals surface area contributed by atoms with Gasteiger partial charge in [-0.1, -0.05) is 29.8 Å². The molecule has 0 bridgehead atoms. The van der Waals surface area contributed by atoms with Gasteiger partial charge < -0.3 is 4.98 Å². The summed E-state index contributed by atoms with van der Waals surface area (Å²) in [6.07, 6.45) is 1.63. The highest BCUT2D eigenvalue weighted by Gasteiger charge is 2.06. The Balaban J connectivity index is 2.14. The fraction of sp³-hybridized carbons (Fsp3) is 0.0833. The molecule has 84 valence electrons. The molecule has 0 aliphatic heterocycles. The number of nitrogens with one attached hydrogen (secondary N) is 1. The SMILES string of the molecule is Cc1ccc(-c2nc3nc(Cl)ncc3[nH]2)cc1. The zero-order chi connectivity index (χ0) is 11.8. The second-order valence-corrected chi connectivity index (χ2v) is 4.17. The quantitative estimate of drug-likeness (QED) is 0.670. The first-order valence-electron chi connectivity index (χ1n) is 5.18. The number of nitrogens with zero attached hydrogens (tertiary/aromatic N) is 3. The zero-order valence-electron chi connectivity index (χ0n) is 9.11. The van der Waals surface area contributed by atoms with Crippen molar-refractivity contribution in [3.8, 4) is 11.4 Å². The number of H-pyrrole nitrogens is 1. The molecule has 3 rings (SSSR count). The van der Waals surface area contributed by atoms with Crippen LogP contribution in [-0.4, -0.2) is 19.9 Å². The van der Waals surface area contributed by atoms with Crippen LogP contribution in [0, 0.1) is 6.92 Å². The molecule has 2 heterocycles. The van der Waals surface area contributed by atoms with E-state index in [9.17, 15) is 0 Å². The van der Waals surface area contributed by atoms with Crippen LogP contribution in [0.25, 0.3) is 22.6 Å². The molecule has 1 N–H and O–H groups in total. The van der Waals surface area contributed by atoms with Crippen molar-refractivity contribution in [3.63, 3.8) is 0 Å². The molecular formula is C12H9ClN4. The summed E-state index contributed by atoms with van der Waals surface area (Å²) in [5, 5.41) is 0.208. The van der Waals surface area contributed by atoms with Gasteiger partial charge in [0.05, 0.1) is 6.20 Å². The third-order valence-electron chi connectivity index (χ3n) is 2.54. The first-order chi connectivity index (χ1) is 8.22. The molecule has 4 nitrogen and oxygen atoms in total. The number of imidazole rings is 1. The van der Waals surface area contributed by atoms with Crippen LogP contribution in [-0.2, 0) is 0 Å². The molecule has 17 heavy (non-hydrogen) atoms. The normalized spacial score (nSPS) is 10.9. The number of aromatic nitrogens is 4. The molecule has 0 spiro atoms. The number of aryl methyl sites for hydroxylation is 1. The maximum atomic E-state index is 5.72. The highest BCUT2D eigenvalue weighted by Crippen LogP contribution is 2.19. The van der Waals surface area contributed by atoms with E-state index < -0.39 is 0 Å². The Morgan fingerprint density at radius 1 is 1.12 bits per heavy atom. The smallest absolute Gasteiger partial charge is 0.224 e. The highest BCUT2D eigenvalue weighted by atomic mass is 35.5. The Morgan fingerprint density at radius 2 is 1.88 bits per heavy atom. The van der Waals surface area contributed by atoms with Crippen LogP contribution < -0.4 is 0 Å². The van der Waals surface area contributed by atoms with Crippen molar-refractivity contribution < 1.29 is 0 Å². The van der Waals surface area contributed by atoms with E-state index >= 15 is 0 Å². The predicted octanol–water partition coefficient (Wildman–Crippen LogP) is 2.98. The van der Waals surface area contributed by atoms with Gasteiger partial charge in [0.2, 0.25) is 5.28 Å². The van der Waals surface area contributed by atoms with E-state index in [0.29, 0.717) is 5.65 Å². The van der Waals surface area contributed by atoms with Crippen LogP contribution in [0.4, 0.5) is 0 Å². The minimum absolute atomic E-state index is 0.208. The molecular weight excluding hydrogens is 236 g/mol. The second kappa shape index (κ2) is 3.82. The van der Waals surface area contributed by atoms with Gasteiger partial charge in [-0.05, 0) is 18.5 Å². The Labute approximate surface area is 103 Å². The maximum Gasteiger partial charge on any atom is 0.224 e. The van der Waals surface area contributed by atoms with Gasteiger partial charge in [0.15, 0.2) is 5.65 Å². The molecule has 0 saturated heterocycles. The van der Waals surface area contributed by atoms with Crippen molar-refractivity contribution in [2.24, 2.45) is 0 Å². The number of hydrogen-bond donors (Lipinski definition) is 1. The fourth-order valence-corrected chi connectivity index (χ4v) is 1.76. The van der Waals surface area contributed by atoms with Gasteiger partial charge in [-0.3, -0.25) is 0 Å². The minimum Gasteiger partial charge on any atom is -0.335 e. The Hall–Kier alpha value is -1.94. The first kappa shape index (κ1) is 10.2.